The van der Waals surface area contributed by atoms with Crippen molar-refractivity contribution < 1.29 is 9.47 Å². The Morgan fingerprint density at radius 3 is 2.67 bits per heavy atom. The molecule has 0 amide bonds. The highest BCUT2D eigenvalue weighted by Gasteiger charge is 2.10. The quantitative estimate of drug-likeness (QED) is 0.663. The summed E-state index contributed by atoms with van der Waals surface area (Å²) < 4.78 is 10.7. The minimum absolute atomic E-state index is 0.511. The highest BCUT2D eigenvalue weighted by molar-refractivity contribution is 5.28. The molecule has 3 nitrogen and oxygen atoms in total. The number of rotatable bonds is 8. The molecule has 1 aromatic carbocycles. The van der Waals surface area contributed by atoms with E-state index >= 15 is 0 Å². The molecule has 0 fully saturated rings. The Morgan fingerprint density at radius 1 is 1.28 bits per heavy atom. The molecule has 0 saturated carbocycles. The molecule has 0 spiro atoms. The van der Waals surface area contributed by atoms with E-state index in [2.05, 4.69) is 30.9 Å². The summed E-state index contributed by atoms with van der Waals surface area (Å²) in [6.45, 7) is 9.93. The van der Waals surface area contributed by atoms with Crippen LogP contribution in [-0.2, 0) is 11.3 Å². The predicted molar refractivity (Wildman–Crippen MR) is 75.0 cm³/mol. The molecule has 0 saturated heterocycles. The number of hydrogen-bond acceptors (Lipinski definition) is 3. The second kappa shape index (κ2) is 8.11. The first-order valence-corrected chi connectivity index (χ1v) is 6.62. The van der Waals surface area contributed by atoms with Gasteiger partial charge < -0.3 is 9.47 Å². The highest BCUT2D eigenvalue weighted by Crippen LogP contribution is 2.15. The molecule has 0 aliphatic rings. The van der Waals surface area contributed by atoms with Crippen LogP contribution in [0.25, 0.3) is 0 Å². The van der Waals surface area contributed by atoms with Gasteiger partial charge in [-0.2, -0.15) is 0 Å². The maximum atomic E-state index is 5.43. The fourth-order valence-corrected chi connectivity index (χ4v) is 1.85. The fourth-order valence-electron chi connectivity index (χ4n) is 1.85. The van der Waals surface area contributed by atoms with Gasteiger partial charge in [0.15, 0.2) is 0 Å². The SMILES string of the molecule is CCOCCN(Cc1cccc(OC)c1)C(C)C. The van der Waals surface area contributed by atoms with Gasteiger partial charge in [-0.3, -0.25) is 4.90 Å². The fraction of sp³-hybridized carbons (Fsp3) is 0.600. The summed E-state index contributed by atoms with van der Waals surface area (Å²) in [7, 11) is 1.70. The predicted octanol–water partition coefficient (Wildman–Crippen LogP) is 2.94. The lowest BCUT2D eigenvalue weighted by molar-refractivity contribution is 0.0973. The number of benzene rings is 1. The number of nitrogens with zero attached hydrogens (tertiary/aromatic N) is 1. The zero-order valence-electron chi connectivity index (χ0n) is 12.0. The number of hydrogen-bond donors (Lipinski definition) is 0. The Balaban J connectivity index is 2.58. The third-order valence-electron chi connectivity index (χ3n) is 2.98. The Hall–Kier alpha value is -1.06. The van der Waals surface area contributed by atoms with Crippen LogP contribution >= 0.6 is 0 Å². The summed E-state index contributed by atoms with van der Waals surface area (Å²) in [5.74, 6) is 0.918. The first kappa shape index (κ1) is 15.0. The van der Waals surface area contributed by atoms with Crippen LogP contribution in [0, 0.1) is 0 Å². The van der Waals surface area contributed by atoms with E-state index in [0.717, 1.165) is 32.1 Å². The number of ether oxygens (including phenoxy) is 2. The van der Waals surface area contributed by atoms with Gasteiger partial charge in [0, 0.05) is 25.7 Å². The summed E-state index contributed by atoms with van der Waals surface area (Å²) in [6, 6.07) is 8.75. The topological polar surface area (TPSA) is 21.7 Å². The molecule has 0 N–H and O–H groups in total. The van der Waals surface area contributed by atoms with Gasteiger partial charge >= 0.3 is 0 Å². The molecular weight excluding hydrogens is 226 g/mol. The van der Waals surface area contributed by atoms with Crippen LogP contribution < -0.4 is 4.74 Å². The summed E-state index contributed by atoms with van der Waals surface area (Å²) in [6.07, 6.45) is 0. The van der Waals surface area contributed by atoms with E-state index < -0.39 is 0 Å². The van der Waals surface area contributed by atoms with Crippen molar-refractivity contribution in [1.82, 2.24) is 4.90 Å². The molecule has 1 rings (SSSR count). The first-order chi connectivity index (χ1) is 8.67. The third-order valence-corrected chi connectivity index (χ3v) is 2.98. The molecule has 0 radical (unpaired) electrons. The largest absolute Gasteiger partial charge is 0.497 e. The molecule has 0 aliphatic heterocycles. The lowest BCUT2D eigenvalue weighted by atomic mass is 10.2. The van der Waals surface area contributed by atoms with E-state index in [1.165, 1.54) is 5.56 Å². The van der Waals surface area contributed by atoms with Crippen molar-refractivity contribution in [3.63, 3.8) is 0 Å². The third kappa shape index (κ3) is 5.07. The van der Waals surface area contributed by atoms with Crippen molar-refractivity contribution >= 4 is 0 Å². The molecule has 3 heteroatoms. The summed E-state index contributed by atoms with van der Waals surface area (Å²) >= 11 is 0. The molecule has 0 unspecified atom stereocenters. The molecule has 0 aliphatic carbocycles. The van der Waals surface area contributed by atoms with Gasteiger partial charge in [0.1, 0.15) is 5.75 Å². The van der Waals surface area contributed by atoms with Gasteiger partial charge in [-0.1, -0.05) is 12.1 Å². The Labute approximate surface area is 111 Å². The molecule has 1 aromatic rings. The standard InChI is InChI=1S/C15H25NO2/c1-5-18-10-9-16(13(2)3)12-14-7-6-8-15(11-14)17-4/h6-8,11,13H,5,9-10,12H2,1-4H3. The second-order valence-electron chi connectivity index (χ2n) is 4.61. The minimum Gasteiger partial charge on any atom is -0.497 e. The van der Waals surface area contributed by atoms with Crippen LogP contribution in [0.1, 0.15) is 26.3 Å². The second-order valence-corrected chi connectivity index (χ2v) is 4.61. The number of methoxy groups -OCH3 is 1. The maximum Gasteiger partial charge on any atom is 0.119 e. The van der Waals surface area contributed by atoms with E-state index in [1.54, 1.807) is 7.11 Å². The first-order valence-electron chi connectivity index (χ1n) is 6.62. The van der Waals surface area contributed by atoms with Crippen LogP contribution in [0.4, 0.5) is 0 Å². The summed E-state index contributed by atoms with van der Waals surface area (Å²) in [4.78, 5) is 2.41. The van der Waals surface area contributed by atoms with Crippen molar-refractivity contribution in [2.24, 2.45) is 0 Å². The van der Waals surface area contributed by atoms with Gasteiger partial charge in [-0.05, 0) is 38.5 Å². The van der Waals surface area contributed by atoms with Crippen molar-refractivity contribution in [2.45, 2.75) is 33.4 Å². The Kier molecular flexibility index (Phi) is 6.76. The average Bonchev–Trinajstić information content (AvgIpc) is 2.38. The molecule has 18 heavy (non-hydrogen) atoms. The van der Waals surface area contributed by atoms with Gasteiger partial charge in [0.2, 0.25) is 0 Å². The Bertz CT molecular complexity index is 339. The minimum atomic E-state index is 0.511. The maximum absolute atomic E-state index is 5.43. The van der Waals surface area contributed by atoms with Gasteiger partial charge in [0.05, 0.1) is 13.7 Å². The van der Waals surface area contributed by atoms with Gasteiger partial charge in [-0.25, -0.2) is 0 Å². The molecule has 102 valence electrons. The zero-order valence-corrected chi connectivity index (χ0v) is 12.0. The van der Waals surface area contributed by atoms with Gasteiger partial charge in [0.25, 0.3) is 0 Å². The van der Waals surface area contributed by atoms with Crippen LogP contribution in [0.5, 0.6) is 5.75 Å². The molecule has 0 bridgehead atoms. The Morgan fingerprint density at radius 2 is 2.06 bits per heavy atom. The highest BCUT2D eigenvalue weighted by atomic mass is 16.5. The van der Waals surface area contributed by atoms with Crippen molar-refractivity contribution in [1.29, 1.82) is 0 Å². The zero-order chi connectivity index (χ0) is 13.4. The van der Waals surface area contributed by atoms with Crippen LogP contribution in [-0.4, -0.2) is 37.8 Å². The lowest BCUT2D eigenvalue weighted by Gasteiger charge is -2.26. The normalized spacial score (nSPS) is 11.2. The molecular formula is C15H25NO2. The summed E-state index contributed by atoms with van der Waals surface area (Å²) in [5, 5.41) is 0. The lowest BCUT2D eigenvalue weighted by Crippen LogP contribution is -2.33. The van der Waals surface area contributed by atoms with E-state index in [4.69, 9.17) is 9.47 Å². The monoisotopic (exact) mass is 251 g/mol. The van der Waals surface area contributed by atoms with Crippen LogP contribution in [0.2, 0.25) is 0 Å². The molecule has 0 heterocycles. The molecule has 0 aromatic heterocycles. The average molecular weight is 251 g/mol. The van der Waals surface area contributed by atoms with Crippen molar-refractivity contribution in [3.8, 4) is 5.75 Å². The van der Waals surface area contributed by atoms with Crippen molar-refractivity contribution in [2.75, 3.05) is 26.9 Å². The van der Waals surface area contributed by atoms with Crippen LogP contribution in [0.15, 0.2) is 24.3 Å². The van der Waals surface area contributed by atoms with E-state index in [1.807, 2.05) is 19.1 Å². The van der Waals surface area contributed by atoms with E-state index in [-0.39, 0.29) is 0 Å². The van der Waals surface area contributed by atoms with Gasteiger partial charge in [-0.15, -0.1) is 0 Å². The van der Waals surface area contributed by atoms with Crippen molar-refractivity contribution in [3.05, 3.63) is 29.8 Å². The summed E-state index contributed by atoms with van der Waals surface area (Å²) in [5.41, 5.74) is 1.28. The molecule has 0 atom stereocenters. The van der Waals surface area contributed by atoms with Crippen LogP contribution in [0.3, 0.4) is 0 Å². The van der Waals surface area contributed by atoms with E-state index in [0.29, 0.717) is 6.04 Å². The smallest absolute Gasteiger partial charge is 0.119 e. The van der Waals surface area contributed by atoms with E-state index in [9.17, 15) is 0 Å².